The number of hydrogen-bond acceptors (Lipinski definition) is 2. The van der Waals surface area contributed by atoms with Gasteiger partial charge in [-0.2, -0.15) is 4.57 Å². The summed E-state index contributed by atoms with van der Waals surface area (Å²) in [6.45, 7) is 0. The third-order valence-electron chi connectivity index (χ3n) is 1.75. The summed E-state index contributed by atoms with van der Waals surface area (Å²) >= 11 is 0. The van der Waals surface area contributed by atoms with Gasteiger partial charge < -0.3 is 5.11 Å². The van der Waals surface area contributed by atoms with Crippen molar-refractivity contribution in [2.45, 2.75) is 0 Å². The topological polar surface area (TPSA) is 37.0 Å². The van der Waals surface area contributed by atoms with Gasteiger partial charge in [-0.3, -0.25) is 4.98 Å². The van der Waals surface area contributed by atoms with Gasteiger partial charge in [0, 0.05) is 30.6 Å². The normalized spacial score (nSPS) is 9.85. The van der Waals surface area contributed by atoms with E-state index >= 15 is 0 Å². The van der Waals surface area contributed by atoms with Crippen LogP contribution in [-0.4, -0.2) is 10.1 Å². The lowest BCUT2D eigenvalue weighted by Gasteiger charge is -1.94. The molecule has 0 saturated carbocycles. The molecule has 0 amide bonds. The molecule has 2 rings (SSSR count). The molecule has 1 N–H and O–H groups in total. The molecule has 3 heteroatoms. The van der Waals surface area contributed by atoms with Crippen LogP contribution >= 0.6 is 0 Å². The Morgan fingerprint density at radius 1 is 1.15 bits per heavy atom. The largest absolute Gasteiger partial charge is 0.503 e. The van der Waals surface area contributed by atoms with Crippen molar-refractivity contribution in [3.05, 3.63) is 49.1 Å². The molecule has 0 spiro atoms. The molecule has 0 aliphatic heterocycles. The van der Waals surface area contributed by atoms with Crippen LogP contribution < -0.4 is 4.57 Å². The van der Waals surface area contributed by atoms with E-state index in [4.69, 9.17) is 0 Å². The third-order valence-corrected chi connectivity index (χ3v) is 1.75. The zero-order valence-electron chi connectivity index (χ0n) is 6.96. The Morgan fingerprint density at radius 2 is 1.92 bits per heavy atom. The average molecular weight is 173 g/mol. The summed E-state index contributed by atoms with van der Waals surface area (Å²) in [6, 6.07) is 7.17. The second-order valence-electron chi connectivity index (χ2n) is 2.67. The van der Waals surface area contributed by atoms with Gasteiger partial charge >= 0.3 is 0 Å². The average Bonchev–Trinajstić information content (AvgIpc) is 2.19. The molecule has 3 nitrogen and oxygen atoms in total. The van der Waals surface area contributed by atoms with Gasteiger partial charge in [0.25, 0.3) is 0 Å². The predicted octanol–water partition coefficient (Wildman–Crippen LogP) is 1.06. The van der Waals surface area contributed by atoms with Crippen LogP contribution in [0.1, 0.15) is 0 Å². The molecule has 0 atom stereocenters. The van der Waals surface area contributed by atoms with Gasteiger partial charge in [0.2, 0.25) is 11.9 Å². The summed E-state index contributed by atoms with van der Waals surface area (Å²) in [7, 11) is 0. The summed E-state index contributed by atoms with van der Waals surface area (Å²) in [5.74, 6) is 0.249. The number of rotatable bonds is 1. The Hall–Kier alpha value is -1.90. The number of hydrogen-bond donors (Lipinski definition) is 1. The van der Waals surface area contributed by atoms with Gasteiger partial charge in [0.1, 0.15) is 0 Å². The highest BCUT2D eigenvalue weighted by Crippen LogP contribution is 2.03. The first-order valence-corrected chi connectivity index (χ1v) is 3.97. The SMILES string of the molecule is Oc1ccc[n+](-c2ccncc2)c1. The maximum Gasteiger partial charge on any atom is 0.216 e. The van der Waals surface area contributed by atoms with Crippen LogP contribution in [0.3, 0.4) is 0 Å². The summed E-state index contributed by atoms with van der Waals surface area (Å²) < 4.78 is 1.83. The van der Waals surface area contributed by atoms with Crippen molar-refractivity contribution in [2.75, 3.05) is 0 Å². The van der Waals surface area contributed by atoms with Gasteiger partial charge in [0.05, 0.1) is 0 Å². The van der Waals surface area contributed by atoms with Crippen molar-refractivity contribution in [2.24, 2.45) is 0 Å². The fraction of sp³-hybridized carbons (Fsp3) is 0. The van der Waals surface area contributed by atoms with E-state index in [1.807, 2.05) is 22.9 Å². The fourth-order valence-corrected chi connectivity index (χ4v) is 1.14. The molecule has 0 bridgehead atoms. The summed E-state index contributed by atoms with van der Waals surface area (Å²) in [6.07, 6.45) is 6.95. The van der Waals surface area contributed by atoms with Crippen LogP contribution in [0.4, 0.5) is 0 Å². The highest BCUT2D eigenvalue weighted by atomic mass is 16.3. The predicted molar refractivity (Wildman–Crippen MR) is 47.4 cm³/mol. The minimum absolute atomic E-state index is 0.249. The second kappa shape index (κ2) is 3.23. The minimum Gasteiger partial charge on any atom is -0.503 e. The molecule has 64 valence electrons. The Balaban J connectivity index is 2.48. The molecule has 0 fully saturated rings. The van der Waals surface area contributed by atoms with Crippen molar-refractivity contribution in [1.82, 2.24) is 4.98 Å². The molecule has 0 aliphatic rings. The zero-order valence-corrected chi connectivity index (χ0v) is 6.96. The van der Waals surface area contributed by atoms with Gasteiger partial charge in [-0.1, -0.05) is 0 Å². The van der Waals surface area contributed by atoms with Gasteiger partial charge in [-0.15, -0.1) is 0 Å². The summed E-state index contributed by atoms with van der Waals surface area (Å²) in [4.78, 5) is 3.92. The fourth-order valence-electron chi connectivity index (χ4n) is 1.14. The van der Waals surface area contributed by atoms with Crippen molar-refractivity contribution in [1.29, 1.82) is 0 Å². The summed E-state index contributed by atoms with van der Waals surface area (Å²) in [5.41, 5.74) is 0.978. The zero-order chi connectivity index (χ0) is 9.10. The Morgan fingerprint density at radius 3 is 2.62 bits per heavy atom. The molecule has 13 heavy (non-hydrogen) atoms. The van der Waals surface area contributed by atoms with E-state index < -0.39 is 0 Å². The Kier molecular flexibility index (Phi) is 1.92. The molecule has 0 radical (unpaired) electrons. The molecule has 0 saturated heterocycles. The quantitative estimate of drug-likeness (QED) is 0.655. The number of aromatic hydroxyl groups is 1. The number of pyridine rings is 2. The van der Waals surface area contributed by atoms with E-state index in [9.17, 15) is 5.11 Å². The van der Waals surface area contributed by atoms with Crippen molar-refractivity contribution >= 4 is 0 Å². The summed E-state index contributed by atoms with van der Waals surface area (Å²) in [5, 5.41) is 9.24. The molecular weight excluding hydrogens is 164 g/mol. The lowest BCUT2D eigenvalue weighted by Crippen LogP contribution is -2.28. The molecule has 0 aromatic carbocycles. The first kappa shape index (κ1) is 7.73. The van der Waals surface area contributed by atoms with Crippen molar-refractivity contribution in [3.63, 3.8) is 0 Å². The van der Waals surface area contributed by atoms with E-state index in [-0.39, 0.29) is 5.75 Å². The third kappa shape index (κ3) is 1.64. The van der Waals surface area contributed by atoms with Gasteiger partial charge in [0.15, 0.2) is 11.9 Å². The lowest BCUT2D eigenvalue weighted by molar-refractivity contribution is -0.596. The van der Waals surface area contributed by atoms with Crippen molar-refractivity contribution in [3.8, 4) is 11.4 Å². The molecule has 0 unspecified atom stereocenters. The lowest BCUT2D eigenvalue weighted by atomic mass is 10.3. The van der Waals surface area contributed by atoms with Gasteiger partial charge in [-0.05, 0) is 6.07 Å². The molecule has 2 aromatic heterocycles. The number of aromatic nitrogens is 2. The minimum atomic E-state index is 0.249. The van der Waals surface area contributed by atoms with Crippen LogP contribution in [-0.2, 0) is 0 Å². The monoisotopic (exact) mass is 173 g/mol. The van der Waals surface area contributed by atoms with Crippen molar-refractivity contribution < 1.29 is 9.67 Å². The van der Waals surface area contributed by atoms with E-state index in [1.165, 1.54) is 0 Å². The van der Waals surface area contributed by atoms with Gasteiger partial charge in [-0.25, -0.2) is 0 Å². The van der Waals surface area contributed by atoms with E-state index in [0.717, 1.165) is 5.69 Å². The Bertz CT molecular complexity index is 401. The van der Waals surface area contributed by atoms with E-state index in [1.54, 1.807) is 30.7 Å². The second-order valence-corrected chi connectivity index (χ2v) is 2.67. The molecule has 2 aromatic rings. The standard InChI is InChI=1S/C10H8N2O/c13-10-2-1-7-12(8-10)9-3-5-11-6-4-9/h1-8H/p+1. The Labute approximate surface area is 75.9 Å². The maximum absolute atomic E-state index is 9.24. The van der Waals surface area contributed by atoms with Crippen LogP contribution in [0.2, 0.25) is 0 Å². The first-order valence-electron chi connectivity index (χ1n) is 3.97. The van der Waals surface area contributed by atoms with E-state index in [2.05, 4.69) is 4.98 Å². The smallest absolute Gasteiger partial charge is 0.216 e. The highest BCUT2D eigenvalue weighted by molar-refractivity contribution is 5.19. The van der Waals surface area contributed by atoms with Crippen LogP contribution in [0.5, 0.6) is 5.75 Å². The molecule has 2 heterocycles. The highest BCUT2D eigenvalue weighted by Gasteiger charge is 2.04. The maximum atomic E-state index is 9.24. The first-order chi connectivity index (χ1) is 6.36. The van der Waals surface area contributed by atoms with Crippen LogP contribution in [0.25, 0.3) is 5.69 Å². The van der Waals surface area contributed by atoms with Crippen LogP contribution in [0.15, 0.2) is 49.1 Å². The molecule has 0 aliphatic carbocycles. The van der Waals surface area contributed by atoms with Crippen LogP contribution in [0, 0.1) is 0 Å². The molecular formula is C10H9N2O+. The van der Waals surface area contributed by atoms with E-state index in [0.29, 0.717) is 0 Å². The number of nitrogens with zero attached hydrogens (tertiary/aromatic N) is 2.